The third-order valence-corrected chi connectivity index (χ3v) is 4.12. The molecule has 0 radical (unpaired) electrons. The van der Waals surface area contributed by atoms with Crippen molar-refractivity contribution in [1.29, 1.82) is 0 Å². The number of rotatable bonds is 10. The van der Waals surface area contributed by atoms with Crippen molar-refractivity contribution < 1.29 is 9.47 Å². The second kappa shape index (κ2) is 14.4. The van der Waals surface area contributed by atoms with Crippen molar-refractivity contribution in [1.82, 2.24) is 0 Å². The molecule has 0 unspecified atom stereocenters. The van der Waals surface area contributed by atoms with E-state index in [4.69, 9.17) is 14.5 Å². The van der Waals surface area contributed by atoms with Gasteiger partial charge in [-0.15, -0.1) is 0 Å². The number of nitrogens with zero attached hydrogens (tertiary/aromatic N) is 2. The third kappa shape index (κ3) is 7.95. The molecule has 0 aromatic heterocycles. The summed E-state index contributed by atoms with van der Waals surface area (Å²) >= 11 is 0. The molecule has 0 aliphatic heterocycles. The summed E-state index contributed by atoms with van der Waals surface area (Å²) in [6, 6.07) is 3.88. The predicted molar refractivity (Wildman–Crippen MR) is 123 cm³/mol. The van der Waals surface area contributed by atoms with Crippen LogP contribution in [-0.2, 0) is 0 Å². The molecule has 28 heavy (non-hydrogen) atoms. The van der Waals surface area contributed by atoms with Crippen LogP contribution in [0.2, 0.25) is 0 Å². The lowest BCUT2D eigenvalue weighted by Gasteiger charge is -2.13. The van der Waals surface area contributed by atoms with Crippen LogP contribution >= 0.6 is 0 Å². The van der Waals surface area contributed by atoms with Gasteiger partial charge in [0.05, 0.1) is 14.2 Å². The van der Waals surface area contributed by atoms with E-state index in [2.05, 4.69) is 31.3 Å². The number of hydrogen-bond donors (Lipinski definition) is 0. The largest absolute Gasteiger partial charge is 0.497 e. The number of methoxy groups -OCH3 is 2. The Kier molecular flexibility index (Phi) is 13.1. The number of ether oxygens (including phenoxy) is 2. The van der Waals surface area contributed by atoms with Gasteiger partial charge in [-0.1, -0.05) is 39.5 Å². The Hall–Kier alpha value is -2.62. The Morgan fingerprint density at radius 1 is 1.14 bits per heavy atom. The van der Waals surface area contributed by atoms with E-state index in [1.54, 1.807) is 20.4 Å². The highest BCUT2D eigenvalue weighted by atomic mass is 16.5. The molecule has 4 nitrogen and oxygen atoms in total. The molecule has 1 rings (SSSR count). The van der Waals surface area contributed by atoms with Crippen LogP contribution < -0.4 is 9.47 Å². The molecule has 0 bridgehead atoms. The molecule has 0 saturated carbocycles. The molecular formula is C24H36N2O2. The van der Waals surface area contributed by atoms with Gasteiger partial charge in [0.25, 0.3) is 0 Å². The van der Waals surface area contributed by atoms with Gasteiger partial charge in [-0.25, -0.2) is 0 Å². The molecule has 0 atom stereocenters. The fourth-order valence-electron chi connectivity index (χ4n) is 2.69. The Bertz CT molecular complexity index is 728. The van der Waals surface area contributed by atoms with E-state index in [-0.39, 0.29) is 0 Å². The normalized spacial score (nSPS) is 12.0. The molecule has 0 spiro atoms. The summed E-state index contributed by atoms with van der Waals surface area (Å²) in [5, 5.41) is 0. The van der Waals surface area contributed by atoms with Crippen molar-refractivity contribution in [2.45, 2.75) is 53.9 Å². The first-order valence-corrected chi connectivity index (χ1v) is 9.75. The molecule has 0 heterocycles. The molecular weight excluding hydrogens is 348 g/mol. The van der Waals surface area contributed by atoms with Crippen LogP contribution in [0.1, 0.15) is 58.1 Å². The number of hydrogen-bond acceptors (Lipinski definition) is 4. The zero-order chi connectivity index (χ0) is 21.5. The molecule has 1 aromatic rings. The smallest absolute Gasteiger partial charge is 0.126 e. The van der Waals surface area contributed by atoms with Gasteiger partial charge in [-0.2, -0.15) is 0 Å². The Morgan fingerprint density at radius 3 is 2.32 bits per heavy atom. The van der Waals surface area contributed by atoms with Gasteiger partial charge < -0.3 is 9.47 Å². The average Bonchev–Trinajstić information content (AvgIpc) is 2.72. The quantitative estimate of drug-likeness (QED) is 0.333. The lowest BCUT2D eigenvalue weighted by Crippen LogP contribution is -2.02. The molecule has 0 aliphatic carbocycles. The van der Waals surface area contributed by atoms with Gasteiger partial charge in [0, 0.05) is 34.8 Å². The molecule has 0 saturated heterocycles. The first kappa shape index (κ1) is 25.4. The first-order valence-electron chi connectivity index (χ1n) is 9.75. The molecule has 0 amide bonds. The highest BCUT2D eigenvalue weighted by Gasteiger charge is 2.11. The van der Waals surface area contributed by atoms with Crippen LogP contribution in [0.3, 0.4) is 0 Å². The van der Waals surface area contributed by atoms with E-state index < -0.39 is 0 Å². The number of allylic oxidation sites excluding steroid dienone is 4. The number of benzene rings is 1. The van der Waals surface area contributed by atoms with Crippen molar-refractivity contribution in [3.8, 4) is 11.5 Å². The summed E-state index contributed by atoms with van der Waals surface area (Å²) in [5.41, 5.74) is 5.10. The van der Waals surface area contributed by atoms with Gasteiger partial charge in [0.15, 0.2) is 0 Å². The van der Waals surface area contributed by atoms with E-state index >= 15 is 0 Å². The van der Waals surface area contributed by atoms with E-state index in [0.29, 0.717) is 0 Å². The SMILES string of the molecule is C=C/C(=C\N=C)CC/C(=C\CC)N=C(C)c1cc(OC)cc(OC)c1C.CC. The van der Waals surface area contributed by atoms with Crippen LogP contribution in [0.5, 0.6) is 11.5 Å². The second-order valence-corrected chi connectivity index (χ2v) is 5.89. The minimum Gasteiger partial charge on any atom is -0.497 e. The van der Waals surface area contributed by atoms with Crippen LogP contribution in [0.4, 0.5) is 0 Å². The van der Waals surface area contributed by atoms with Gasteiger partial charge >= 0.3 is 0 Å². The van der Waals surface area contributed by atoms with E-state index in [1.807, 2.05) is 45.9 Å². The Balaban J connectivity index is 0.00000352. The lowest BCUT2D eigenvalue weighted by molar-refractivity contribution is 0.392. The summed E-state index contributed by atoms with van der Waals surface area (Å²) in [6.45, 7) is 17.5. The predicted octanol–water partition coefficient (Wildman–Crippen LogP) is 6.69. The maximum Gasteiger partial charge on any atom is 0.126 e. The first-order chi connectivity index (χ1) is 13.5. The molecule has 0 fully saturated rings. The van der Waals surface area contributed by atoms with Crippen molar-refractivity contribution in [2.75, 3.05) is 14.2 Å². The summed E-state index contributed by atoms with van der Waals surface area (Å²) in [7, 11) is 3.32. The van der Waals surface area contributed by atoms with E-state index in [1.165, 1.54) is 0 Å². The molecule has 4 heteroatoms. The van der Waals surface area contributed by atoms with Crippen molar-refractivity contribution in [3.05, 3.63) is 59.5 Å². The average molecular weight is 385 g/mol. The topological polar surface area (TPSA) is 43.2 Å². The van der Waals surface area contributed by atoms with Crippen molar-refractivity contribution in [3.63, 3.8) is 0 Å². The zero-order valence-electron chi connectivity index (χ0n) is 18.6. The maximum atomic E-state index is 5.47. The minimum absolute atomic E-state index is 0.756. The summed E-state index contributed by atoms with van der Waals surface area (Å²) in [5.74, 6) is 1.55. The van der Waals surface area contributed by atoms with Crippen LogP contribution in [-0.4, -0.2) is 26.6 Å². The fraction of sp³-hybridized carbons (Fsp3) is 0.417. The molecule has 1 aromatic carbocycles. The van der Waals surface area contributed by atoms with Gasteiger partial charge in [0.2, 0.25) is 0 Å². The highest BCUT2D eigenvalue weighted by molar-refractivity contribution is 6.01. The van der Waals surface area contributed by atoms with E-state index in [0.717, 1.165) is 58.9 Å². The van der Waals surface area contributed by atoms with Gasteiger partial charge in [-0.05, 0) is 51.5 Å². The maximum absolute atomic E-state index is 5.47. The van der Waals surface area contributed by atoms with Crippen molar-refractivity contribution in [2.24, 2.45) is 9.98 Å². The second-order valence-electron chi connectivity index (χ2n) is 5.89. The Morgan fingerprint density at radius 2 is 1.82 bits per heavy atom. The van der Waals surface area contributed by atoms with Crippen molar-refractivity contribution >= 4 is 12.4 Å². The summed E-state index contributed by atoms with van der Waals surface area (Å²) in [6.07, 6.45) is 8.28. The van der Waals surface area contributed by atoms with Gasteiger partial charge in [0.1, 0.15) is 11.5 Å². The molecule has 0 aliphatic rings. The van der Waals surface area contributed by atoms with Gasteiger partial charge in [-0.3, -0.25) is 9.98 Å². The monoisotopic (exact) mass is 384 g/mol. The van der Waals surface area contributed by atoms with Crippen LogP contribution in [0.25, 0.3) is 0 Å². The third-order valence-electron chi connectivity index (χ3n) is 4.12. The van der Waals surface area contributed by atoms with E-state index in [9.17, 15) is 0 Å². The lowest BCUT2D eigenvalue weighted by atomic mass is 10.0. The van der Waals surface area contributed by atoms with Crippen LogP contribution in [0.15, 0.2) is 58.3 Å². The summed E-state index contributed by atoms with van der Waals surface area (Å²) in [4.78, 5) is 8.70. The molecule has 0 N–H and O–H groups in total. The van der Waals surface area contributed by atoms with Crippen LogP contribution in [0, 0.1) is 6.92 Å². The standard InChI is InChI=1S/C22H30N2O2.C2H6/c1-8-10-19(12-11-18(9-2)15-23-5)24-17(4)21-13-20(25-6)14-22(26-7)16(21)3;1-2/h9-10,13-15H,2,5,8,11-12H2,1,3-4,6-7H3;1-2H3/b18-15+,19-10+,24-17?;. The summed E-state index contributed by atoms with van der Waals surface area (Å²) < 4.78 is 10.9. The minimum atomic E-state index is 0.756. The Labute approximate surface area is 171 Å². The fourth-order valence-corrected chi connectivity index (χ4v) is 2.69. The highest BCUT2D eigenvalue weighted by Crippen LogP contribution is 2.29. The molecule has 154 valence electrons. The number of aliphatic imine (C=N–C) groups is 2. The zero-order valence-corrected chi connectivity index (χ0v) is 18.6.